The molecule has 2 fully saturated rings. The summed E-state index contributed by atoms with van der Waals surface area (Å²) >= 11 is 0. The van der Waals surface area contributed by atoms with Crippen LogP contribution in [0.1, 0.15) is 24.0 Å². The van der Waals surface area contributed by atoms with E-state index in [1.54, 1.807) is 4.90 Å². The van der Waals surface area contributed by atoms with E-state index in [1.165, 1.54) is 4.90 Å². The Hall–Kier alpha value is -3.59. The van der Waals surface area contributed by atoms with Crippen LogP contribution < -0.4 is 20.1 Å². The fourth-order valence-corrected chi connectivity index (χ4v) is 4.76. The lowest BCUT2D eigenvalue weighted by molar-refractivity contribution is -0.138. The third-order valence-electron chi connectivity index (χ3n) is 6.54. The van der Waals surface area contributed by atoms with E-state index in [2.05, 4.69) is 10.6 Å². The molecule has 2 unspecified atom stereocenters. The van der Waals surface area contributed by atoms with Gasteiger partial charge in [-0.2, -0.15) is 0 Å². The standard InChI is InChI=1S/C25H28N4O5/c30-22(27-14-18-8-9-20-21(13-18)34-16-33-20)15-29-19-7-4-11-26-23(19)24(31)28(25(29)32)12-10-17-5-2-1-3-6-17/h1-3,5-6,8-9,13,19,23,26H,4,7,10-12,14-16H2,(H,27,30). The molecule has 2 aromatic rings. The van der Waals surface area contributed by atoms with Crippen LogP contribution in [0.4, 0.5) is 4.79 Å². The monoisotopic (exact) mass is 464 g/mol. The molecule has 0 spiro atoms. The van der Waals surface area contributed by atoms with Crippen LogP contribution in [-0.4, -0.2) is 66.2 Å². The van der Waals surface area contributed by atoms with Crippen LogP contribution in [0, 0.1) is 0 Å². The summed E-state index contributed by atoms with van der Waals surface area (Å²) in [6.07, 6.45) is 2.11. The van der Waals surface area contributed by atoms with Gasteiger partial charge in [-0.25, -0.2) is 4.79 Å². The fourth-order valence-electron chi connectivity index (χ4n) is 4.76. The number of nitrogens with zero attached hydrogens (tertiary/aromatic N) is 2. The Bertz CT molecular complexity index is 1080. The first kappa shape index (κ1) is 22.2. The van der Waals surface area contributed by atoms with Gasteiger partial charge in [-0.1, -0.05) is 36.4 Å². The number of imide groups is 1. The number of benzene rings is 2. The molecule has 2 saturated heterocycles. The van der Waals surface area contributed by atoms with Crippen LogP contribution in [0.15, 0.2) is 48.5 Å². The largest absolute Gasteiger partial charge is 0.454 e. The Balaban J connectivity index is 1.25. The van der Waals surface area contributed by atoms with Gasteiger partial charge in [0.1, 0.15) is 12.6 Å². The van der Waals surface area contributed by atoms with Crippen LogP contribution in [0.5, 0.6) is 11.5 Å². The summed E-state index contributed by atoms with van der Waals surface area (Å²) in [6, 6.07) is 14.1. The average molecular weight is 465 g/mol. The van der Waals surface area contributed by atoms with Crippen molar-refractivity contribution in [1.29, 1.82) is 0 Å². The number of hydrogen-bond donors (Lipinski definition) is 2. The Morgan fingerprint density at radius 2 is 1.88 bits per heavy atom. The van der Waals surface area contributed by atoms with E-state index in [0.29, 0.717) is 30.9 Å². The van der Waals surface area contributed by atoms with E-state index in [9.17, 15) is 14.4 Å². The molecule has 0 saturated carbocycles. The maximum Gasteiger partial charge on any atom is 0.327 e. The average Bonchev–Trinajstić information content (AvgIpc) is 3.34. The summed E-state index contributed by atoms with van der Waals surface area (Å²) in [5.74, 6) is 0.863. The quantitative estimate of drug-likeness (QED) is 0.647. The second kappa shape index (κ2) is 9.72. The summed E-state index contributed by atoms with van der Waals surface area (Å²) in [5, 5.41) is 6.15. The smallest absolute Gasteiger partial charge is 0.327 e. The molecule has 34 heavy (non-hydrogen) atoms. The van der Waals surface area contributed by atoms with Gasteiger partial charge in [-0.3, -0.25) is 14.5 Å². The van der Waals surface area contributed by atoms with Gasteiger partial charge >= 0.3 is 6.03 Å². The van der Waals surface area contributed by atoms with Crippen molar-refractivity contribution in [3.63, 3.8) is 0 Å². The lowest BCUT2D eigenvalue weighted by Crippen LogP contribution is -2.70. The van der Waals surface area contributed by atoms with Crippen molar-refractivity contribution >= 4 is 17.8 Å². The van der Waals surface area contributed by atoms with E-state index >= 15 is 0 Å². The molecule has 0 aliphatic carbocycles. The third kappa shape index (κ3) is 4.56. The molecular weight excluding hydrogens is 436 g/mol. The van der Waals surface area contributed by atoms with Gasteiger partial charge in [-0.05, 0) is 49.1 Å². The number of rotatable bonds is 7. The molecule has 5 rings (SSSR count). The highest BCUT2D eigenvalue weighted by molar-refractivity contribution is 6.01. The number of carbonyl (C=O) groups is 3. The fraction of sp³-hybridized carbons (Fsp3) is 0.400. The molecule has 2 atom stereocenters. The van der Waals surface area contributed by atoms with Crippen molar-refractivity contribution in [2.75, 3.05) is 26.4 Å². The normalized spacial score (nSPS) is 21.4. The molecule has 2 N–H and O–H groups in total. The van der Waals surface area contributed by atoms with E-state index in [0.717, 1.165) is 24.1 Å². The summed E-state index contributed by atoms with van der Waals surface area (Å²) < 4.78 is 10.7. The Morgan fingerprint density at radius 3 is 2.74 bits per heavy atom. The zero-order valence-corrected chi connectivity index (χ0v) is 18.9. The molecule has 2 aromatic carbocycles. The van der Waals surface area contributed by atoms with Crippen LogP contribution in [0.2, 0.25) is 0 Å². The lowest BCUT2D eigenvalue weighted by Gasteiger charge is -2.46. The minimum Gasteiger partial charge on any atom is -0.454 e. The van der Waals surface area contributed by atoms with Crippen molar-refractivity contribution in [2.45, 2.75) is 37.9 Å². The molecule has 0 aromatic heterocycles. The number of piperidine rings is 1. The highest BCUT2D eigenvalue weighted by atomic mass is 16.7. The number of urea groups is 1. The molecular formula is C25H28N4O5. The second-order valence-corrected chi connectivity index (χ2v) is 8.74. The van der Waals surface area contributed by atoms with Gasteiger partial charge in [-0.15, -0.1) is 0 Å². The van der Waals surface area contributed by atoms with Gasteiger partial charge in [0.05, 0.1) is 6.04 Å². The topological polar surface area (TPSA) is 100 Å². The van der Waals surface area contributed by atoms with Crippen molar-refractivity contribution in [1.82, 2.24) is 20.4 Å². The van der Waals surface area contributed by atoms with E-state index in [-0.39, 0.29) is 37.7 Å². The first-order chi connectivity index (χ1) is 16.6. The molecule has 0 radical (unpaired) electrons. The first-order valence-electron chi connectivity index (χ1n) is 11.6. The molecule has 3 heterocycles. The first-order valence-corrected chi connectivity index (χ1v) is 11.6. The number of hydrogen-bond acceptors (Lipinski definition) is 6. The van der Waals surface area contributed by atoms with Crippen LogP contribution in [0.3, 0.4) is 0 Å². The van der Waals surface area contributed by atoms with Gasteiger partial charge in [0, 0.05) is 13.1 Å². The minimum absolute atomic E-state index is 0.0959. The molecule has 9 nitrogen and oxygen atoms in total. The lowest BCUT2D eigenvalue weighted by atomic mass is 9.93. The predicted octanol–water partition coefficient (Wildman–Crippen LogP) is 1.66. The number of amides is 4. The van der Waals surface area contributed by atoms with Gasteiger partial charge < -0.3 is 25.0 Å². The summed E-state index contributed by atoms with van der Waals surface area (Å²) in [7, 11) is 0. The van der Waals surface area contributed by atoms with Crippen LogP contribution >= 0.6 is 0 Å². The van der Waals surface area contributed by atoms with Crippen molar-refractivity contribution in [3.05, 3.63) is 59.7 Å². The van der Waals surface area contributed by atoms with Gasteiger partial charge in [0.2, 0.25) is 18.6 Å². The maximum absolute atomic E-state index is 13.3. The third-order valence-corrected chi connectivity index (χ3v) is 6.54. The highest BCUT2D eigenvalue weighted by Gasteiger charge is 2.47. The minimum atomic E-state index is -0.483. The number of nitrogens with one attached hydrogen (secondary N) is 2. The van der Waals surface area contributed by atoms with Crippen LogP contribution in [0.25, 0.3) is 0 Å². The van der Waals surface area contributed by atoms with Crippen molar-refractivity contribution < 1.29 is 23.9 Å². The van der Waals surface area contributed by atoms with E-state index < -0.39 is 12.1 Å². The van der Waals surface area contributed by atoms with Gasteiger partial charge in [0.25, 0.3) is 0 Å². The number of ether oxygens (including phenoxy) is 2. The number of fused-ring (bicyclic) bond motifs is 2. The molecule has 3 aliphatic heterocycles. The summed E-state index contributed by atoms with van der Waals surface area (Å²) in [5.41, 5.74) is 1.93. The van der Waals surface area contributed by atoms with Gasteiger partial charge in [0.15, 0.2) is 11.5 Å². The zero-order chi connectivity index (χ0) is 23.5. The Labute approximate surface area is 198 Å². The maximum atomic E-state index is 13.3. The van der Waals surface area contributed by atoms with Crippen molar-refractivity contribution in [2.24, 2.45) is 0 Å². The van der Waals surface area contributed by atoms with Crippen molar-refractivity contribution in [3.8, 4) is 11.5 Å². The molecule has 3 aliphatic rings. The van der Waals surface area contributed by atoms with Crippen LogP contribution in [-0.2, 0) is 22.6 Å². The molecule has 178 valence electrons. The van der Waals surface area contributed by atoms with E-state index in [4.69, 9.17) is 9.47 Å². The van der Waals surface area contributed by atoms with E-state index in [1.807, 2.05) is 48.5 Å². The SMILES string of the molecule is O=C(CN1C(=O)N(CCc2ccccc2)C(=O)C2NCCCC21)NCc1ccc2c(c1)OCO2. The summed E-state index contributed by atoms with van der Waals surface area (Å²) in [4.78, 5) is 42.1. The molecule has 0 bridgehead atoms. The predicted molar refractivity (Wildman–Crippen MR) is 123 cm³/mol. The Kier molecular flexibility index (Phi) is 6.35. The molecule has 9 heteroatoms. The zero-order valence-electron chi connectivity index (χ0n) is 18.9. The highest BCUT2D eigenvalue weighted by Crippen LogP contribution is 2.32. The second-order valence-electron chi connectivity index (χ2n) is 8.74. The summed E-state index contributed by atoms with van der Waals surface area (Å²) in [6.45, 7) is 1.40. The Morgan fingerprint density at radius 1 is 1.06 bits per heavy atom. The number of carbonyl (C=O) groups excluding carboxylic acids is 3. The molecule has 4 amide bonds.